The molecule has 2 unspecified atom stereocenters. The largest absolute Gasteiger partial charge is 0.508 e. The molecule has 0 saturated heterocycles. The lowest BCUT2D eigenvalue weighted by atomic mass is 9.67. The van der Waals surface area contributed by atoms with Crippen molar-refractivity contribution in [3.63, 3.8) is 0 Å². The van der Waals surface area contributed by atoms with Crippen molar-refractivity contribution in [3.8, 4) is 5.75 Å². The van der Waals surface area contributed by atoms with Crippen LogP contribution in [0.5, 0.6) is 5.75 Å². The highest BCUT2D eigenvalue weighted by Crippen LogP contribution is 2.51. The van der Waals surface area contributed by atoms with Crippen LogP contribution in [-0.4, -0.2) is 16.0 Å². The van der Waals surface area contributed by atoms with E-state index in [1.807, 2.05) is 61.5 Å². The minimum atomic E-state index is -0.115. The molecular formula is C29H28N2O2. The van der Waals surface area contributed by atoms with Crippen molar-refractivity contribution in [1.29, 1.82) is 0 Å². The Morgan fingerprint density at radius 1 is 1.00 bits per heavy atom. The number of nitrogens with one attached hydrogen (secondary N) is 1. The van der Waals surface area contributed by atoms with Crippen LogP contribution in [0.15, 0.2) is 72.8 Å². The number of nitrogens with zero attached hydrogens (tertiary/aromatic N) is 1. The molecule has 1 aliphatic rings. The van der Waals surface area contributed by atoms with E-state index in [1.165, 1.54) is 0 Å². The summed E-state index contributed by atoms with van der Waals surface area (Å²) in [7, 11) is 0. The highest BCUT2D eigenvalue weighted by Gasteiger charge is 2.37. The molecule has 4 heteroatoms. The maximum Gasteiger partial charge on any atom is 0.255 e. The number of phenolic OH excluding ortho intramolecular Hbond substituents is 1. The monoisotopic (exact) mass is 436 g/mol. The summed E-state index contributed by atoms with van der Waals surface area (Å²) in [5.41, 5.74) is 6.76. The van der Waals surface area contributed by atoms with Gasteiger partial charge in [-0.2, -0.15) is 0 Å². The zero-order chi connectivity index (χ0) is 22.9. The summed E-state index contributed by atoms with van der Waals surface area (Å²) in [6.07, 6.45) is 2.83. The third-order valence-electron chi connectivity index (χ3n) is 6.86. The van der Waals surface area contributed by atoms with Gasteiger partial charge in [0.1, 0.15) is 5.75 Å². The number of benzene rings is 3. The van der Waals surface area contributed by atoms with E-state index in [-0.39, 0.29) is 23.5 Å². The molecule has 0 spiro atoms. The first-order valence-electron chi connectivity index (χ1n) is 11.6. The van der Waals surface area contributed by atoms with E-state index < -0.39 is 0 Å². The number of hydrogen-bond donors (Lipinski definition) is 2. The van der Waals surface area contributed by atoms with Gasteiger partial charge in [-0.15, -0.1) is 0 Å². The third kappa shape index (κ3) is 3.97. The molecule has 33 heavy (non-hydrogen) atoms. The topological polar surface area (TPSA) is 62.2 Å². The standard InChI is InChI=1S/C29H28N2O2/c1-3-22-24-9-4-5-10-26(24)30-28(25-16-15-23(25)20-7-6-8-21(32)17-20)27(22)31-29(33)19-13-11-18(2)12-14-19/h4-14,17,23,25,32H,3,15-16H2,1-2H3,(H,31,33). The minimum absolute atomic E-state index is 0.115. The van der Waals surface area contributed by atoms with Crippen molar-refractivity contribution in [2.45, 2.75) is 44.9 Å². The van der Waals surface area contributed by atoms with Crippen LogP contribution < -0.4 is 5.32 Å². The van der Waals surface area contributed by atoms with Crippen LogP contribution in [0, 0.1) is 6.92 Å². The minimum Gasteiger partial charge on any atom is -0.508 e. The Morgan fingerprint density at radius 2 is 1.76 bits per heavy atom. The van der Waals surface area contributed by atoms with Crippen molar-refractivity contribution >= 4 is 22.5 Å². The predicted molar refractivity (Wildman–Crippen MR) is 133 cm³/mol. The summed E-state index contributed by atoms with van der Waals surface area (Å²) >= 11 is 0. The van der Waals surface area contributed by atoms with Crippen LogP contribution in [0.3, 0.4) is 0 Å². The van der Waals surface area contributed by atoms with Gasteiger partial charge in [-0.1, -0.05) is 55.0 Å². The molecule has 2 N–H and O–H groups in total. The van der Waals surface area contributed by atoms with Crippen LogP contribution in [0.2, 0.25) is 0 Å². The molecule has 0 bridgehead atoms. The first-order chi connectivity index (χ1) is 16.0. The summed E-state index contributed by atoms with van der Waals surface area (Å²) in [6, 6.07) is 23.3. The van der Waals surface area contributed by atoms with E-state index in [1.54, 1.807) is 6.07 Å². The van der Waals surface area contributed by atoms with Gasteiger partial charge in [-0.05, 0) is 73.6 Å². The summed E-state index contributed by atoms with van der Waals surface area (Å²) in [6.45, 7) is 4.14. The fraction of sp³-hybridized carbons (Fsp3) is 0.241. The van der Waals surface area contributed by atoms with Crippen LogP contribution >= 0.6 is 0 Å². The van der Waals surface area contributed by atoms with Gasteiger partial charge in [0, 0.05) is 16.9 Å². The van der Waals surface area contributed by atoms with Gasteiger partial charge in [0.25, 0.3) is 5.91 Å². The average molecular weight is 437 g/mol. The summed E-state index contributed by atoms with van der Waals surface area (Å²) in [5, 5.41) is 14.3. The zero-order valence-corrected chi connectivity index (χ0v) is 19.0. The van der Waals surface area contributed by atoms with E-state index in [0.717, 1.165) is 58.2 Å². The van der Waals surface area contributed by atoms with Crippen molar-refractivity contribution in [2.24, 2.45) is 0 Å². The van der Waals surface area contributed by atoms with Gasteiger partial charge in [0.2, 0.25) is 0 Å². The van der Waals surface area contributed by atoms with Crippen molar-refractivity contribution < 1.29 is 9.90 Å². The summed E-state index contributed by atoms with van der Waals surface area (Å²) in [5.74, 6) is 0.628. The highest BCUT2D eigenvalue weighted by atomic mass is 16.3. The first kappa shape index (κ1) is 21.2. The van der Waals surface area contributed by atoms with Crippen molar-refractivity contribution in [1.82, 2.24) is 4.98 Å². The van der Waals surface area contributed by atoms with Gasteiger partial charge in [0.15, 0.2) is 0 Å². The molecule has 2 atom stereocenters. The molecule has 1 heterocycles. The highest BCUT2D eigenvalue weighted by molar-refractivity contribution is 6.06. The van der Waals surface area contributed by atoms with E-state index in [2.05, 4.69) is 24.4 Å². The number of carbonyl (C=O) groups excluding carboxylic acids is 1. The summed E-state index contributed by atoms with van der Waals surface area (Å²) in [4.78, 5) is 18.3. The number of rotatable bonds is 5. The Morgan fingerprint density at radius 3 is 2.45 bits per heavy atom. The van der Waals surface area contributed by atoms with Gasteiger partial charge in [0.05, 0.1) is 16.9 Å². The average Bonchev–Trinajstić information content (AvgIpc) is 2.79. The number of amides is 1. The van der Waals surface area contributed by atoms with Crippen molar-refractivity contribution in [3.05, 3.63) is 101 Å². The molecule has 4 nitrogen and oxygen atoms in total. The van der Waals surface area contributed by atoms with Gasteiger partial charge < -0.3 is 10.4 Å². The second-order valence-electron chi connectivity index (χ2n) is 8.93. The number of phenols is 1. The number of aromatic nitrogens is 1. The molecule has 1 amide bonds. The molecule has 5 rings (SSSR count). The predicted octanol–water partition coefficient (Wildman–Crippen LogP) is 6.72. The van der Waals surface area contributed by atoms with Crippen LogP contribution in [-0.2, 0) is 6.42 Å². The number of fused-ring (bicyclic) bond motifs is 1. The van der Waals surface area contributed by atoms with E-state index >= 15 is 0 Å². The molecule has 0 aliphatic heterocycles. The number of hydrogen-bond acceptors (Lipinski definition) is 3. The Bertz CT molecular complexity index is 1330. The Kier molecular flexibility index (Phi) is 5.59. The maximum absolute atomic E-state index is 13.2. The number of carbonyl (C=O) groups is 1. The maximum atomic E-state index is 13.2. The lowest BCUT2D eigenvalue weighted by molar-refractivity contribution is 0.102. The quantitative estimate of drug-likeness (QED) is 0.365. The fourth-order valence-electron chi connectivity index (χ4n) is 4.95. The van der Waals surface area contributed by atoms with E-state index in [0.29, 0.717) is 5.56 Å². The molecule has 0 radical (unpaired) electrons. The Labute approximate surface area is 194 Å². The number of aromatic hydroxyl groups is 1. The fourth-order valence-corrected chi connectivity index (χ4v) is 4.95. The van der Waals surface area contributed by atoms with Gasteiger partial charge in [-0.25, -0.2) is 0 Å². The molecule has 166 valence electrons. The van der Waals surface area contributed by atoms with E-state index in [9.17, 15) is 9.90 Å². The lowest BCUT2D eigenvalue weighted by Crippen LogP contribution is -2.26. The molecule has 4 aromatic rings. The SMILES string of the molecule is CCc1c(NC(=O)c2ccc(C)cc2)c(C2CCC2c2cccc(O)c2)nc2ccccc12. The number of aryl methyl sites for hydroxylation is 2. The van der Waals surface area contributed by atoms with Gasteiger partial charge in [-0.3, -0.25) is 9.78 Å². The van der Waals surface area contributed by atoms with Crippen LogP contribution in [0.25, 0.3) is 10.9 Å². The first-order valence-corrected chi connectivity index (χ1v) is 11.6. The normalized spacial score (nSPS) is 17.5. The summed E-state index contributed by atoms with van der Waals surface area (Å²) < 4.78 is 0. The lowest BCUT2D eigenvalue weighted by Gasteiger charge is -2.38. The molecule has 1 saturated carbocycles. The number of anilines is 1. The molecule has 1 aromatic heterocycles. The van der Waals surface area contributed by atoms with Crippen LogP contribution in [0.4, 0.5) is 5.69 Å². The smallest absolute Gasteiger partial charge is 0.255 e. The molecular weight excluding hydrogens is 408 g/mol. The molecule has 1 aliphatic carbocycles. The number of para-hydroxylation sites is 1. The Hall–Kier alpha value is -3.66. The second-order valence-corrected chi connectivity index (χ2v) is 8.93. The number of pyridine rings is 1. The van der Waals surface area contributed by atoms with Crippen molar-refractivity contribution in [2.75, 3.05) is 5.32 Å². The third-order valence-corrected chi connectivity index (χ3v) is 6.86. The second kappa shape index (κ2) is 8.70. The molecule has 1 fully saturated rings. The zero-order valence-electron chi connectivity index (χ0n) is 19.0. The van der Waals surface area contributed by atoms with Crippen LogP contribution in [0.1, 0.15) is 64.3 Å². The van der Waals surface area contributed by atoms with E-state index in [4.69, 9.17) is 4.98 Å². The molecule has 3 aromatic carbocycles. The Balaban J connectivity index is 1.61. The van der Waals surface area contributed by atoms with Gasteiger partial charge >= 0.3 is 0 Å².